The van der Waals surface area contributed by atoms with Gasteiger partial charge in [0.1, 0.15) is 5.82 Å². The van der Waals surface area contributed by atoms with Gasteiger partial charge in [0.05, 0.1) is 0 Å². The lowest BCUT2D eigenvalue weighted by Gasteiger charge is -2.00. The molecule has 1 aromatic heterocycles. The smallest absolute Gasteiger partial charge is 0.105 e. The predicted octanol–water partition coefficient (Wildman–Crippen LogP) is 1.52. The Morgan fingerprint density at radius 2 is 2.22 bits per heavy atom. The molecule has 0 aliphatic rings. The fourth-order valence-electron chi connectivity index (χ4n) is 1.06. The molecule has 0 bridgehead atoms. The van der Waals surface area contributed by atoms with E-state index in [9.17, 15) is 0 Å². The molecule has 0 aliphatic heterocycles. The first-order chi connectivity index (χ1) is 4.25. The third-order valence-corrected chi connectivity index (χ3v) is 1.57. The fraction of sp³-hybridized carbons (Fsp3) is 0.571. The quantitative estimate of drug-likeness (QED) is 0.555. The molecule has 0 unspecified atom stereocenters. The second-order valence-electron chi connectivity index (χ2n) is 2.19. The van der Waals surface area contributed by atoms with Crippen molar-refractivity contribution < 1.29 is 0 Å². The summed E-state index contributed by atoms with van der Waals surface area (Å²) in [5.74, 6) is 1.11. The van der Waals surface area contributed by atoms with Crippen molar-refractivity contribution in [2.24, 2.45) is 0 Å². The van der Waals surface area contributed by atoms with Crippen LogP contribution in [-0.4, -0.2) is 9.55 Å². The molecular weight excluding hydrogens is 112 g/mol. The fourth-order valence-corrected chi connectivity index (χ4v) is 1.06. The van der Waals surface area contributed by atoms with Crippen molar-refractivity contribution in [2.75, 3.05) is 0 Å². The van der Waals surface area contributed by atoms with E-state index in [4.69, 9.17) is 0 Å². The maximum atomic E-state index is 4.15. The van der Waals surface area contributed by atoms with Gasteiger partial charge in [0.15, 0.2) is 0 Å². The number of aromatic nitrogens is 2. The Morgan fingerprint density at radius 3 is 2.44 bits per heavy atom. The van der Waals surface area contributed by atoms with Crippen LogP contribution in [-0.2, 0) is 6.54 Å². The monoisotopic (exact) mass is 124 g/mol. The van der Waals surface area contributed by atoms with E-state index < -0.39 is 0 Å². The molecule has 2 heteroatoms. The van der Waals surface area contributed by atoms with Crippen LogP contribution in [0, 0.1) is 13.8 Å². The average Bonchev–Trinajstić information content (AvgIpc) is 2.12. The highest BCUT2D eigenvalue weighted by Gasteiger charge is 1.96. The largest absolute Gasteiger partial charge is 0.333 e. The number of aryl methyl sites for hydroxylation is 2. The maximum absolute atomic E-state index is 4.15. The molecule has 9 heavy (non-hydrogen) atoms. The zero-order chi connectivity index (χ0) is 6.85. The van der Waals surface area contributed by atoms with Gasteiger partial charge in [-0.3, -0.25) is 0 Å². The highest BCUT2D eigenvalue weighted by molar-refractivity contribution is 5.00. The van der Waals surface area contributed by atoms with E-state index in [0.29, 0.717) is 0 Å². The summed E-state index contributed by atoms with van der Waals surface area (Å²) in [5.41, 5.74) is 1.25. The van der Waals surface area contributed by atoms with Gasteiger partial charge in [0.25, 0.3) is 0 Å². The van der Waals surface area contributed by atoms with Gasteiger partial charge in [0.2, 0.25) is 0 Å². The van der Waals surface area contributed by atoms with Gasteiger partial charge in [-0.25, -0.2) is 4.98 Å². The minimum Gasteiger partial charge on any atom is -0.333 e. The average molecular weight is 124 g/mol. The Labute approximate surface area is 55.5 Å². The highest BCUT2D eigenvalue weighted by atomic mass is 15.1. The van der Waals surface area contributed by atoms with Gasteiger partial charge in [-0.15, -0.1) is 0 Å². The summed E-state index contributed by atoms with van der Waals surface area (Å²) in [4.78, 5) is 4.15. The van der Waals surface area contributed by atoms with Crippen LogP contribution in [0.4, 0.5) is 0 Å². The summed E-state index contributed by atoms with van der Waals surface area (Å²) in [5, 5.41) is 0. The first kappa shape index (κ1) is 6.33. The SMILES string of the molecule is CCn1c(C)cnc1C. The summed E-state index contributed by atoms with van der Waals surface area (Å²) in [6, 6.07) is 0. The number of imidazole rings is 1. The van der Waals surface area contributed by atoms with Gasteiger partial charge < -0.3 is 4.57 Å². The molecule has 0 saturated carbocycles. The standard InChI is InChI=1S/C7H12N2/c1-4-9-6(2)5-8-7(9)3/h5H,4H2,1-3H3. The predicted molar refractivity (Wildman–Crippen MR) is 37.4 cm³/mol. The van der Waals surface area contributed by atoms with Crippen LogP contribution in [0.3, 0.4) is 0 Å². The van der Waals surface area contributed by atoms with Gasteiger partial charge in [0, 0.05) is 18.4 Å². The van der Waals surface area contributed by atoms with Crippen LogP contribution in [0.5, 0.6) is 0 Å². The summed E-state index contributed by atoms with van der Waals surface area (Å²) in [6.07, 6.45) is 1.90. The molecule has 0 fully saturated rings. The normalized spacial score (nSPS) is 10.1. The minimum atomic E-state index is 1.03. The first-order valence-corrected chi connectivity index (χ1v) is 3.24. The van der Waals surface area contributed by atoms with E-state index in [1.165, 1.54) is 5.69 Å². The maximum Gasteiger partial charge on any atom is 0.105 e. The van der Waals surface area contributed by atoms with Crippen molar-refractivity contribution in [1.29, 1.82) is 0 Å². The summed E-state index contributed by atoms with van der Waals surface area (Å²) >= 11 is 0. The lowest BCUT2D eigenvalue weighted by molar-refractivity contribution is 0.709. The Kier molecular flexibility index (Phi) is 1.56. The van der Waals surface area contributed by atoms with Crippen LogP contribution in [0.25, 0.3) is 0 Å². The molecule has 0 saturated heterocycles. The topological polar surface area (TPSA) is 17.8 Å². The molecule has 0 atom stereocenters. The molecule has 1 heterocycles. The summed E-state index contributed by atoms with van der Waals surface area (Å²) in [7, 11) is 0. The van der Waals surface area contributed by atoms with Crippen molar-refractivity contribution in [3.8, 4) is 0 Å². The highest BCUT2D eigenvalue weighted by Crippen LogP contribution is 2.00. The van der Waals surface area contributed by atoms with Crippen LogP contribution in [0.2, 0.25) is 0 Å². The molecule has 0 spiro atoms. The van der Waals surface area contributed by atoms with E-state index in [-0.39, 0.29) is 0 Å². The number of hydrogen-bond donors (Lipinski definition) is 0. The van der Waals surface area contributed by atoms with Crippen molar-refractivity contribution in [3.63, 3.8) is 0 Å². The van der Waals surface area contributed by atoms with Gasteiger partial charge in [-0.05, 0) is 20.8 Å². The Hall–Kier alpha value is -0.790. The molecule has 0 N–H and O–H groups in total. The molecule has 0 amide bonds. The number of rotatable bonds is 1. The first-order valence-electron chi connectivity index (χ1n) is 3.24. The zero-order valence-corrected chi connectivity index (χ0v) is 6.18. The molecule has 0 radical (unpaired) electrons. The second-order valence-corrected chi connectivity index (χ2v) is 2.19. The van der Waals surface area contributed by atoms with Gasteiger partial charge in [-0.1, -0.05) is 0 Å². The van der Waals surface area contributed by atoms with Crippen molar-refractivity contribution in [3.05, 3.63) is 17.7 Å². The molecule has 0 aromatic carbocycles. The van der Waals surface area contributed by atoms with Crippen LogP contribution in [0.15, 0.2) is 6.20 Å². The molecule has 0 aliphatic carbocycles. The Balaban J connectivity index is 3.07. The molecule has 1 rings (SSSR count). The van der Waals surface area contributed by atoms with Crippen LogP contribution >= 0.6 is 0 Å². The van der Waals surface area contributed by atoms with Crippen molar-refractivity contribution in [2.45, 2.75) is 27.3 Å². The van der Waals surface area contributed by atoms with Gasteiger partial charge in [-0.2, -0.15) is 0 Å². The Bertz CT molecular complexity index is 181. The van der Waals surface area contributed by atoms with E-state index >= 15 is 0 Å². The molecular formula is C7H12N2. The van der Waals surface area contributed by atoms with Crippen LogP contribution in [0.1, 0.15) is 18.4 Å². The zero-order valence-electron chi connectivity index (χ0n) is 6.18. The van der Waals surface area contributed by atoms with E-state index in [2.05, 4.69) is 23.4 Å². The lowest BCUT2D eigenvalue weighted by Crippen LogP contribution is -1.98. The third kappa shape index (κ3) is 0.969. The van der Waals surface area contributed by atoms with E-state index in [1.54, 1.807) is 0 Å². The number of hydrogen-bond acceptors (Lipinski definition) is 1. The summed E-state index contributed by atoms with van der Waals surface area (Å²) < 4.78 is 2.18. The van der Waals surface area contributed by atoms with E-state index in [1.807, 2.05) is 13.1 Å². The lowest BCUT2D eigenvalue weighted by atomic mass is 10.5. The third-order valence-electron chi connectivity index (χ3n) is 1.57. The van der Waals surface area contributed by atoms with Crippen molar-refractivity contribution >= 4 is 0 Å². The number of nitrogens with zero attached hydrogens (tertiary/aromatic N) is 2. The minimum absolute atomic E-state index is 1.03. The molecule has 2 nitrogen and oxygen atoms in total. The summed E-state index contributed by atoms with van der Waals surface area (Å²) in [6.45, 7) is 7.25. The van der Waals surface area contributed by atoms with Gasteiger partial charge >= 0.3 is 0 Å². The molecule has 1 aromatic rings. The molecule has 50 valence electrons. The van der Waals surface area contributed by atoms with E-state index in [0.717, 1.165) is 12.4 Å². The second kappa shape index (κ2) is 2.21. The van der Waals surface area contributed by atoms with Crippen molar-refractivity contribution in [1.82, 2.24) is 9.55 Å². The Morgan fingerprint density at radius 1 is 1.56 bits per heavy atom. The van der Waals surface area contributed by atoms with Crippen LogP contribution < -0.4 is 0 Å².